The number of nitrogens with zero attached hydrogens (tertiary/aromatic N) is 1. The highest BCUT2D eigenvalue weighted by Gasteiger charge is 2.25. The summed E-state index contributed by atoms with van der Waals surface area (Å²) < 4.78 is 31.1. The van der Waals surface area contributed by atoms with Gasteiger partial charge in [0.2, 0.25) is 15.8 Å². The first-order valence-corrected chi connectivity index (χ1v) is 7.61. The van der Waals surface area contributed by atoms with E-state index in [0.717, 1.165) is 6.07 Å². The largest absolute Gasteiger partial charge is 0.475 e. The summed E-state index contributed by atoms with van der Waals surface area (Å²) in [6.07, 6.45) is 0. The molecule has 0 bridgehead atoms. The van der Waals surface area contributed by atoms with Gasteiger partial charge in [0, 0.05) is 18.7 Å². The third-order valence-corrected chi connectivity index (χ3v) is 4.89. The molecule has 0 aromatic carbocycles. The Labute approximate surface area is 119 Å². The predicted octanol–water partition coefficient (Wildman–Crippen LogP) is 0.969. The molecule has 0 spiro atoms. The van der Waals surface area contributed by atoms with Crippen molar-refractivity contribution in [1.82, 2.24) is 9.62 Å². The number of halogens is 1. The molecule has 0 aliphatic carbocycles. The van der Waals surface area contributed by atoms with Crippen molar-refractivity contribution >= 4 is 31.9 Å². The highest BCUT2D eigenvalue weighted by molar-refractivity contribution is 9.10. The minimum Gasteiger partial charge on any atom is -0.475 e. The zero-order valence-electron chi connectivity index (χ0n) is 10.7. The molecule has 19 heavy (non-hydrogen) atoms. The van der Waals surface area contributed by atoms with Crippen LogP contribution in [-0.2, 0) is 10.0 Å². The highest BCUT2D eigenvalue weighted by atomic mass is 79.9. The fourth-order valence-corrected chi connectivity index (χ4v) is 3.19. The maximum absolute atomic E-state index is 12.0. The Hall–Kier alpha value is -0.900. The molecule has 7 nitrogen and oxygen atoms in total. The topological polar surface area (TPSA) is 99.8 Å². The lowest BCUT2D eigenvalue weighted by Crippen LogP contribution is -2.38. The Morgan fingerprint density at radius 2 is 2.16 bits per heavy atom. The number of nitrogens with one attached hydrogen (secondary N) is 1. The van der Waals surface area contributed by atoms with E-state index in [1.54, 1.807) is 0 Å². The lowest BCUT2D eigenvalue weighted by Gasteiger charge is -2.19. The molecule has 0 amide bonds. The Morgan fingerprint density at radius 1 is 1.58 bits per heavy atom. The molecule has 108 valence electrons. The van der Waals surface area contributed by atoms with Gasteiger partial charge in [0.15, 0.2) is 4.67 Å². The lowest BCUT2D eigenvalue weighted by molar-refractivity contribution is 0.0661. The molecular weight excluding hydrogens is 340 g/mol. The number of sulfonamides is 1. The quantitative estimate of drug-likeness (QED) is 0.789. The van der Waals surface area contributed by atoms with E-state index in [2.05, 4.69) is 20.7 Å². The minimum atomic E-state index is -3.81. The fraction of sp³-hybridized carbons (Fsp3) is 0.500. The van der Waals surface area contributed by atoms with Crippen LogP contribution in [0.5, 0.6) is 0 Å². The summed E-state index contributed by atoms with van der Waals surface area (Å²) in [7, 11) is -0.156. The van der Waals surface area contributed by atoms with E-state index in [0.29, 0.717) is 0 Å². The van der Waals surface area contributed by atoms with Gasteiger partial charge >= 0.3 is 5.97 Å². The van der Waals surface area contributed by atoms with Gasteiger partial charge in [-0.25, -0.2) is 17.9 Å². The van der Waals surface area contributed by atoms with Gasteiger partial charge < -0.3 is 14.4 Å². The average Bonchev–Trinajstić information content (AvgIpc) is 2.69. The van der Waals surface area contributed by atoms with Crippen LogP contribution in [0.15, 0.2) is 20.0 Å². The van der Waals surface area contributed by atoms with Gasteiger partial charge in [-0.3, -0.25) is 0 Å². The Bertz CT molecular complexity index is 566. The van der Waals surface area contributed by atoms with Crippen LogP contribution in [0.25, 0.3) is 0 Å². The third kappa shape index (κ3) is 4.03. The van der Waals surface area contributed by atoms with E-state index < -0.39 is 21.8 Å². The van der Waals surface area contributed by atoms with Crippen LogP contribution in [0.1, 0.15) is 17.5 Å². The average molecular weight is 355 g/mol. The molecule has 1 heterocycles. The predicted molar refractivity (Wildman–Crippen MR) is 71.7 cm³/mol. The van der Waals surface area contributed by atoms with Crippen molar-refractivity contribution < 1.29 is 22.7 Å². The van der Waals surface area contributed by atoms with Gasteiger partial charge in [0.05, 0.1) is 0 Å². The lowest BCUT2D eigenvalue weighted by atomic mass is 10.3. The fourth-order valence-electron chi connectivity index (χ4n) is 1.13. The number of hydrogen-bond donors (Lipinski definition) is 2. The molecule has 1 rings (SSSR count). The molecule has 0 saturated carbocycles. The van der Waals surface area contributed by atoms with Crippen molar-refractivity contribution in [3.8, 4) is 0 Å². The second-order valence-corrected chi connectivity index (χ2v) is 6.67. The van der Waals surface area contributed by atoms with E-state index >= 15 is 0 Å². The van der Waals surface area contributed by atoms with E-state index in [1.807, 2.05) is 25.9 Å². The first kappa shape index (κ1) is 16.2. The van der Waals surface area contributed by atoms with Gasteiger partial charge in [-0.1, -0.05) is 0 Å². The molecule has 1 aromatic heterocycles. The molecule has 0 aliphatic heterocycles. The first-order valence-electron chi connectivity index (χ1n) is 5.34. The van der Waals surface area contributed by atoms with E-state index in [9.17, 15) is 13.2 Å². The van der Waals surface area contributed by atoms with Crippen LogP contribution in [0.3, 0.4) is 0 Å². The van der Waals surface area contributed by atoms with Gasteiger partial charge in [-0.15, -0.1) is 0 Å². The van der Waals surface area contributed by atoms with Crippen molar-refractivity contribution in [2.75, 3.05) is 20.6 Å². The van der Waals surface area contributed by atoms with Crippen LogP contribution in [-0.4, -0.2) is 51.1 Å². The van der Waals surface area contributed by atoms with Gasteiger partial charge in [0.25, 0.3) is 0 Å². The van der Waals surface area contributed by atoms with Gasteiger partial charge in [-0.05, 0) is 36.9 Å². The summed E-state index contributed by atoms with van der Waals surface area (Å²) in [6.45, 7) is 2.06. The van der Waals surface area contributed by atoms with Crippen LogP contribution < -0.4 is 4.72 Å². The zero-order valence-corrected chi connectivity index (χ0v) is 13.1. The zero-order chi connectivity index (χ0) is 14.8. The summed E-state index contributed by atoms with van der Waals surface area (Å²) in [4.78, 5) is 12.3. The first-order chi connectivity index (χ1) is 8.65. The Morgan fingerprint density at radius 3 is 2.58 bits per heavy atom. The number of carboxylic acids is 1. The summed E-state index contributed by atoms with van der Waals surface area (Å²) >= 11 is 2.90. The Kier molecular flexibility index (Phi) is 5.13. The number of rotatable bonds is 6. The maximum Gasteiger partial charge on any atom is 0.371 e. The standard InChI is InChI=1S/C10H15BrN2O5S/c1-6(13(2)3)5-12-19(16,17)8-4-7(10(14)15)18-9(8)11/h4,6,12H,5H2,1-3H3,(H,14,15). The molecule has 9 heteroatoms. The van der Waals surface area contributed by atoms with Gasteiger partial charge in [-0.2, -0.15) is 0 Å². The van der Waals surface area contributed by atoms with Crippen molar-refractivity contribution in [2.45, 2.75) is 17.9 Å². The molecular formula is C10H15BrN2O5S. The number of hydrogen-bond acceptors (Lipinski definition) is 5. The molecule has 0 radical (unpaired) electrons. The van der Waals surface area contributed by atoms with Gasteiger partial charge in [0.1, 0.15) is 4.90 Å². The summed E-state index contributed by atoms with van der Waals surface area (Å²) in [6, 6.07) is 0.967. The summed E-state index contributed by atoms with van der Waals surface area (Å²) in [5, 5.41) is 8.74. The molecule has 1 aromatic rings. The second kappa shape index (κ2) is 6.04. The molecule has 2 N–H and O–H groups in total. The van der Waals surface area contributed by atoms with E-state index in [-0.39, 0.29) is 22.2 Å². The van der Waals surface area contributed by atoms with E-state index in [1.165, 1.54) is 0 Å². The third-order valence-electron chi connectivity index (χ3n) is 2.61. The highest BCUT2D eigenvalue weighted by Crippen LogP contribution is 2.26. The van der Waals surface area contributed by atoms with Crippen LogP contribution >= 0.6 is 15.9 Å². The molecule has 0 saturated heterocycles. The Balaban J connectivity index is 2.92. The normalized spacial score (nSPS) is 13.7. The number of carboxylic acid groups (broad SMARTS) is 1. The van der Waals surface area contributed by atoms with Crippen molar-refractivity contribution in [3.05, 3.63) is 16.5 Å². The SMILES string of the molecule is CC(CNS(=O)(=O)c1cc(C(=O)O)oc1Br)N(C)C. The monoisotopic (exact) mass is 354 g/mol. The summed E-state index contributed by atoms with van der Waals surface area (Å²) in [5.41, 5.74) is 0. The number of carbonyl (C=O) groups is 1. The maximum atomic E-state index is 12.0. The number of likely N-dealkylation sites (N-methyl/N-ethyl adjacent to an activating group) is 1. The smallest absolute Gasteiger partial charge is 0.371 e. The minimum absolute atomic E-state index is 0.000560. The molecule has 1 unspecified atom stereocenters. The van der Waals surface area contributed by atoms with Crippen LogP contribution in [0.2, 0.25) is 0 Å². The number of aromatic carboxylic acids is 1. The van der Waals surface area contributed by atoms with E-state index in [4.69, 9.17) is 9.52 Å². The molecule has 0 fully saturated rings. The van der Waals surface area contributed by atoms with Crippen molar-refractivity contribution in [3.63, 3.8) is 0 Å². The molecule has 1 atom stereocenters. The van der Waals surface area contributed by atoms with Crippen LogP contribution in [0.4, 0.5) is 0 Å². The second-order valence-electron chi connectivity index (χ2n) is 4.22. The van der Waals surface area contributed by atoms with Crippen molar-refractivity contribution in [1.29, 1.82) is 0 Å². The summed E-state index contributed by atoms with van der Waals surface area (Å²) in [5.74, 6) is -1.77. The number of furan rings is 1. The van der Waals surface area contributed by atoms with Crippen LogP contribution in [0, 0.1) is 0 Å². The van der Waals surface area contributed by atoms with Crippen molar-refractivity contribution in [2.24, 2.45) is 0 Å². The molecule has 0 aliphatic rings.